The van der Waals surface area contributed by atoms with Gasteiger partial charge in [-0.05, 0) is 17.7 Å². The average Bonchev–Trinajstić information content (AvgIpc) is 2.86. The van der Waals surface area contributed by atoms with Gasteiger partial charge in [-0.15, -0.1) is 0 Å². The molecular formula is C25H28N4O4. The van der Waals surface area contributed by atoms with Crippen LogP contribution in [0.5, 0.6) is 11.5 Å². The van der Waals surface area contributed by atoms with E-state index in [2.05, 4.69) is 34.3 Å². The van der Waals surface area contributed by atoms with Crippen molar-refractivity contribution in [2.24, 2.45) is 0 Å². The van der Waals surface area contributed by atoms with Crippen molar-refractivity contribution in [3.63, 3.8) is 0 Å². The van der Waals surface area contributed by atoms with Crippen molar-refractivity contribution in [2.45, 2.75) is 6.54 Å². The maximum atomic E-state index is 13.1. The quantitative estimate of drug-likeness (QED) is 0.552. The first-order valence-electron chi connectivity index (χ1n) is 10.9. The summed E-state index contributed by atoms with van der Waals surface area (Å²) >= 11 is 0. The number of fused-ring (bicyclic) bond motifs is 1. The van der Waals surface area contributed by atoms with E-state index in [-0.39, 0.29) is 18.0 Å². The van der Waals surface area contributed by atoms with Crippen LogP contribution in [0.1, 0.15) is 5.56 Å². The molecule has 1 aliphatic heterocycles. The monoisotopic (exact) mass is 448 g/mol. The molecule has 0 saturated carbocycles. The summed E-state index contributed by atoms with van der Waals surface area (Å²) in [6.45, 7) is 3.55. The van der Waals surface area contributed by atoms with Gasteiger partial charge in [0.05, 0.1) is 25.8 Å². The zero-order valence-electron chi connectivity index (χ0n) is 18.9. The lowest BCUT2D eigenvalue weighted by Gasteiger charge is -2.34. The van der Waals surface area contributed by atoms with Crippen molar-refractivity contribution in [1.29, 1.82) is 0 Å². The highest BCUT2D eigenvalue weighted by atomic mass is 16.5. The summed E-state index contributed by atoms with van der Waals surface area (Å²) in [7, 11) is 3.01. The predicted octanol–water partition coefficient (Wildman–Crippen LogP) is 2.27. The van der Waals surface area contributed by atoms with E-state index in [9.17, 15) is 9.59 Å². The highest BCUT2D eigenvalue weighted by Crippen LogP contribution is 2.32. The summed E-state index contributed by atoms with van der Waals surface area (Å²) in [5.74, 6) is 0.690. The Kier molecular flexibility index (Phi) is 7.04. The van der Waals surface area contributed by atoms with Crippen molar-refractivity contribution in [3.05, 3.63) is 70.7 Å². The van der Waals surface area contributed by atoms with Gasteiger partial charge in [0.2, 0.25) is 5.91 Å². The van der Waals surface area contributed by atoms with Crippen molar-refractivity contribution < 1.29 is 14.3 Å². The number of ether oxygens (including phenoxy) is 2. The van der Waals surface area contributed by atoms with Crippen LogP contribution in [0.2, 0.25) is 0 Å². The van der Waals surface area contributed by atoms with Gasteiger partial charge in [0.25, 0.3) is 5.56 Å². The highest BCUT2D eigenvalue weighted by Gasteiger charge is 2.22. The predicted molar refractivity (Wildman–Crippen MR) is 128 cm³/mol. The summed E-state index contributed by atoms with van der Waals surface area (Å²) in [6.07, 6.45) is 5.83. The number of nitrogens with zero attached hydrogens (tertiary/aromatic N) is 4. The molecule has 0 unspecified atom stereocenters. The van der Waals surface area contributed by atoms with Crippen LogP contribution in [-0.2, 0) is 11.3 Å². The molecule has 2 heterocycles. The molecule has 0 atom stereocenters. The minimum Gasteiger partial charge on any atom is -0.493 e. The van der Waals surface area contributed by atoms with Crippen molar-refractivity contribution >= 4 is 22.8 Å². The second-order valence-electron chi connectivity index (χ2n) is 7.87. The van der Waals surface area contributed by atoms with E-state index in [0.29, 0.717) is 35.4 Å². The fourth-order valence-corrected chi connectivity index (χ4v) is 4.01. The maximum absolute atomic E-state index is 13.1. The number of amides is 1. The van der Waals surface area contributed by atoms with Crippen LogP contribution in [-0.4, -0.2) is 72.4 Å². The zero-order valence-corrected chi connectivity index (χ0v) is 18.9. The number of hydrogen-bond acceptors (Lipinski definition) is 6. The lowest BCUT2D eigenvalue weighted by Crippen LogP contribution is -2.50. The molecule has 0 radical (unpaired) electrons. The fraction of sp³-hybridized carbons (Fsp3) is 0.320. The molecule has 0 spiro atoms. The summed E-state index contributed by atoms with van der Waals surface area (Å²) in [6, 6.07) is 13.7. The van der Waals surface area contributed by atoms with Crippen molar-refractivity contribution in [2.75, 3.05) is 46.9 Å². The second-order valence-corrected chi connectivity index (χ2v) is 7.87. The normalized spacial score (nSPS) is 14.7. The van der Waals surface area contributed by atoms with Gasteiger partial charge < -0.3 is 14.4 Å². The third-order valence-electron chi connectivity index (χ3n) is 5.85. The van der Waals surface area contributed by atoms with E-state index in [0.717, 1.165) is 19.6 Å². The lowest BCUT2D eigenvalue weighted by atomic mass is 10.1. The zero-order chi connectivity index (χ0) is 23.2. The molecular weight excluding hydrogens is 420 g/mol. The number of piperazine rings is 1. The molecule has 3 aromatic rings. The van der Waals surface area contributed by atoms with Gasteiger partial charge in [-0.1, -0.05) is 42.5 Å². The smallest absolute Gasteiger partial charge is 0.279 e. The summed E-state index contributed by atoms with van der Waals surface area (Å²) < 4.78 is 11.9. The van der Waals surface area contributed by atoms with E-state index in [1.165, 1.54) is 24.5 Å². The molecule has 1 saturated heterocycles. The summed E-state index contributed by atoms with van der Waals surface area (Å²) in [5, 5.41) is 5.19. The molecule has 1 aromatic heterocycles. The third kappa shape index (κ3) is 5.06. The minimum absolute atomic E-state index is 0.108. The number of carbonyl (C=O) groups is 1. The van der Waals surface area contributed by atoms with Gasteiger partial charge >= 0.3 is 0 Å². The van der Waals surface area contributed by atoms with E-state index in [1.807, 2.05) is 18.2 Å². The van der Waals surface area contributed by atoms with Gasteiger partial charge in [0.1, 0.15) is 6.54 Å². The molecule has 2 aromatic carbocycles. The van der Waals surface area contributed by atoms with Crippen LogP contribution in [0.4, 0.5) is 0 Å². The van der Waals surface area contributed by atoms with Crippen LogP contribution in [0.3, 0.4) is 0 Å². The Morgan fingerprint density at radius 3 is 2.48 bits per heavy atom. The van der Waals surface area contributed by atoms with E-state index in [4.69, 9.17) is 9.47 Å². The summed E-state index contributed by atoms with van der Waals surface area (Å²) in [4.78, 5) is 30.0. The highest BCUT2D eigenvalue weighted by molar-refractivity contribution is 5.89. The molecule has 172 valence electrons. The Morgan fingerprint density at radius 1 is 1.03 bits per heavy atom. The second kappa shape index (κ2) is 10.3. The number of rotatable bonds is 7. The molecule has 1 aliphatic rings. The summed E-state index contributed by atoms with van der Waals surface area (Å²) in [5.41, 5.74) is 0.801. The average molecular weight is 449 g/mol. The molecule has 8 nitrogen and oxygen atoms in total. The van der Waals surface area contributed by atoms with E-state index in [1.54, 1.807) is 23.2 Å². The van der Waals surface area contributed by atoms with Crippen molar-refractivity contribution in [3.8, 4) is 11.5 Å². The van der Waals surface area contributed by atoms with Gasteiger partial charge in [0, 0.05) is 38.1 Å². The Morgan fingerprint density at radius 2 is 1.79 bits per heavy atom. The van der Waals surface area contributed by atoms with Crippen LogP contribution in [0.25, 0.3) is 16.8 Å². The first kappa shape index (κ1) is 22.5. The van der Waals surface area contributed by atoms with Gasteiger partial charge in [-0.3, -0.25) is 14.5 Å². The Labute approximate surface area is 192 Å². The Bertz CT molecular complexity index is 1200. The number of benzene rings is 2. The van der Waals surface area contributed by atoms with Crippen LogP contribution >= 0.6 is 0 Å². The van der Waals surface area contributed by atoms with E-state index >= 15 is 0 Å². The molecule has 1 fully saturated rings. The standard InChI is InChI=1S/C25H28N4O4/c1-32-21-11-10-20-17-26-29(25(31)23(20)24(21)33-2)18-22(30)28-15-13-27(14-16-28)12-6-9-19-7-4-3-5-8-19/h3-11,17H,12-16,18H2,1-2H3/b9-6+. The number of hydrogen-bond donors (Lipinski definition) is 0. The molecule has 0 N–H and O–H groups in total. The number of methoxy groups -OCH3 is 2. The molecule has 8 heteroatoms. The first-order valence-corrected chi connectivity index (χ1v) is 10.9. The van der Waals surface area contributed by atoms with Crippen LogP contribution < -0.4 is 15.0 Å². The van der Waals surface area contributed by atoms with Crippen LogP contribution in [0.15, 0.2) is 59.5 Å². The largest absolute Gasteiger partial charge is 0.493 e. The lowest BCUT2D eigenvalue weighted by molar-refractivity contribution is -0.133. The van der Waals surface area contributed by atoms with Crippen LogP contribution in [0, 0.1) is 0 Å². The third-order valence-corrected chi connectivity index (χ3v) is 5.85. The van der Waals surface area contributed by atoms with Crippen molar-refractivity contribution in [1.82, 2.24) is 19.6 Å². The minimum atomic E-state index is -0.374. The van der Waals surface area contributed by atoms with Gasteiger partial charge in [-0.2, -0.15) is 5.10 Å². The van der Waals surface area contributed by atoms with Gasteiger partial charge in [0.15, 0.2) is 11.5 Å². The number of carbonyl (C=O) groups excluding carboxylic acids is 1. The Hall–Kier alpha value is -3.65. The molecule has 1 amide bonds. The van der Waals surface area contributed by atoms with E-state index < -0.39 is 0 Å². The number of aromatic nitrogens is 2. The fourth-order valence-electron chi connectivity index (χ4n) is 4.01. The maximum Gasteiger partial charge on any atom is 0.279 e. The topological polar surface area (TPSA) is 76.9 Å². The Balaban J connectivity index is 1.38. The van der Waals surface area contributed by atoms with Gasteiger partial charge in [-0.25, -0.2) is 4.68 Å². The molecule has 0 bridgehead atoms. The molecule has 33 heavy (non-hydrogen) atoms. The molecule has 0 aliphatic carbocycles. The SMILES string of the molecule is COc1ccc2cnn(CC(=O)N3CCN(C/C=C/c4ccccc4)CC3)c(=O)c2c1OC. The molecule has 4 rings (SSSR count). The first-order chi connectivity index (χ1) is 16.1.